The number of rotatable bonds is 6. The zero-order valence-electron chi connectivity index (χ0n) is 11.6. The summed E-state index contributed by atoms with van der Waals surface area (Å²) in [5.74, 6) is 0. The maximum Gasteiger partial charge on any atom is 0.242 e. The lowest BCUT2D eigenvalue weighted by Crippen LogP contribution is -2.41. The minimum atomic E-state index is -3.87. The zero-order valence-corrected chi connectivity index (χ0v) is 14.0. The third kappa shape index (κ3) is 3.93. The van der Waals surface area contributed by atoms with Gasteiger partial charge in [0.1, 0.15) is 0 Å². The highest BCUT2D eigenvalue weighted by atomic mass is 79.9. The summed E-state index contributed by atoms with van der Waals surface area (Å²) >= 11 is 3.18. The van der Waals surface area contributed by atoms with E-state index in [1.54, 1.807) is 48.5 Å². The maximum atomic E-state index is 12.4. The van der Waals surface area contributed by atoms with Gasteiger partial charge in [-0.2, -0.15) is 0 Å². The molecule has 0 aliphatic rings. The van der Waals surface area contributed by atoms with Crippen LogP contribution in [0.2, 0.25) is 0 Å². The van der Waals surface area contributed by atoms with E-state index in [2.05, 4.69) is 20.7 Å². The van der Waals surface area contributed by atoms with Crippen molar-refractivity contribution in [3.8, 4) is 0 Å². The van der Waals surface area contributed by atoms with Gasteiger partial charge in [-0.15, -0.1) is 0 Å². The van der Waals surface area contributed by atoms with Crippen LogP contribution in [0.1, 0.15) is 11.7 Å². The molecule has 0 fully saturated rings. The second kappa shape index (κ2) is 7.34. The van der Waals surface area contributed by atoms with E-state index in [9.17, 15) is 18.6 Å². The third-order valence-corrected chi connectivity index (χ3v) is 5.65. The number of benzene rings is 2. The standard InChI is InChI=1S/C15H16BrNO4S/c16-12-8-4-5-9-14(12)22(20,21)17-13(10-18)15(19)11-6-2-1-3-7-11/h1-9,13,15,17-19H,10H2. The SMILES string of the molecule is O=S(=O)(NC(CO)C(O)c1ccccc1)c1ccccc1Br. The third-order valence-electron chi connectivity index (χ3n) is 3.15. The van der Waals surface area contributed by atoms with Crippen molar-refractivity contribution < 1.29 is 18.6 Å². The normalized spacial score (nSPS) is 14.5. The average Bonchev–Trinajstić information content (AvgIpc) is 2.53. The summed E-state index contributed by atoms with van der Waals surface area (Å²) in [6.45, 7) is -0.528. The molecular weight excluding hydrogens is 370 g/mol. The van der Waals surface area contributed by atoms with Crippen LogP contribution >= 0.6 is 15.9 Å². The molecule has 7 heteroatoms. The highest BCUT2D eigenvalue weighted by molar-refractivity contribution is 9.10. The van der Waals surface area contributed by atoms with Gasteiger partial charge in [0.2, 0.25) is 10.0 Å². The lowest BCUT2D eigenvalue weighted by molar-refractivity contribution is 0.101. The predicted octanol–water partition coefficient (Wildman–Crippen LogP) is 1.82. The average molecular weight is 386 g/mol. The van der Waals surface area contributed by atoms with Crippen molar-refractivity contribution in [1.82, 2.24) is 4.72 Å². The number of hydrogen-bond acceptors (Lipinski definition) is 4. The highest BCUT2D eigenvalue weighted by Gasteiger charge is 2.27. The predicted molar refractivity (Wildman–Crippen MR) is 86.7 cm³/mol. The van der Waals surface area contributed by atoms with E-state index in [0.717, 1.165) is 0 Å². The number of nitrogens with one attached hydrogen (secondary N) is 1. The van der Waals surface area contributed by atoms with E-state index in [1.165, 1.54) is 6.07 Å². The largest absolute Gasteiger partial charge is 0.395 e. The summed E-state index contributed by atoms with van der Waals surface area (Å²) in [5, 5.41) is 19.7. The molecule has 2 rings (SSSR count). The maximum absolute atomic E-state index is 12.4. The Balaban J connectivity index is 2.25. The molecule has 0 aliphatic heterocycles. The first kappa shape index (κ1) is 17.1. The van der Waals surface area contributed by atoms with E-state index in [0.29, 0.717) is 10.0 Å². The lowest BCUT2D eigenvalue weighted by Gasteiger charge is -2.22. The number of aliphatic hydroxyl groups excluding tert-OH is 2. The summed E-state index contributed by atoms with van der Waals surface area (Å²) < 4.78 is 27.5. The van der Waals surface area contributed by atoms with Crippen molar-refractivity contribution in [2.75, 3.05) is 6.61 Å². The van der Waals surface area contributed by atoms with E-state index in [-0.39, 0.29) is 4.90 Å². The van der Waals surface area contributed by atoms with Gasteiger partial charge in [0.25, 0.3) is 0 Å². The van der Waals surface area contributed by atoms with Crippen LogP contribution in [0.15, 0.2) is 64.0 Å². The number of hydrogen-bond donors (Lipinski definition) is 3. The molecule has 0 aliphatic carbocycles. The van der Waals surface area contributed by atoms with Gasteiger partial charge in [-0.25, -0.2) is 13.1 Å². The van der Waals surface area contributed by atoms with Gasteiger partial charge in [-0.05, 0) is 33.6 Å². The van der Waals surface area contributed by atoms with Crippen LogP contribution in [0, 0.1) is 0 Å². The second-order valence-corrected chi connectivity index (χ2v) is 7.23. The van der Waals surface area contributed by atoms with Crippen LogP contribution in [0.25, 0.3) is 0 Å². The minimum absolute atomic E-state index is 0.0497. The van der Waals surface area contributed by atoms with E-state index < -0.39 is 28.8 Å². The van der Waals surface area contributed by atoms with Crippen molar-refractivity contribution >= 4 is 26.0 Å². The van der Waals surface area contributed by atoms with Crippen LogP contribution in [0.3, 0.4) is 0 Å². The topological polar surface area (TPSA) is 86.6 Å². The minimum Gasteiger partial charge on any atom is -0.395 e. The van der Waals surface area contributed by atoms with Crippen LogP contribution < -0.4 is 4.72 Å². The van der Waals surface area contributed by atoms with Gasteiger partial charge < -0.3 is 10.2 Å². The lowest BCUT2D eigenvalue weighted by atomic mass is 10.0. The monoisotopic (exact) mass is 385 g/mol. The molecule has 0 aromatic heterocycles. The van der Waals surface area contributed by atoms with E-state index in [4.69, 9.17) is 0 Å². The summed E-state index contributed by atoms with van der Waals surface area (Å²) in [7, 11) is -3.87. The molecule has 3 N–H and O–H groups in total. The van der Waals surface area contributed by atoms with E-state index in [1.807, 2.05) is 0 Å². The first-order valence-corrected chi connectivity index (χ1v) is 8.84. The molecule has 0 spiro atoms. The van der Waals surface area contributed by atoms with Crippen LogP contribution in [-0.2, 0) is 10.0 Å². The molecule has 0 saturated heterocycles. The van der Waals surface area contributed by atoms with Crippen molar-refractivity contribution in [1.29, 1.82) is 0 Å². The molecule has 0 saturated carbocycles. The zero-order chi connectivity index (χ0) is 16.2. The molecule has 118 valence electrons. The summed E-state index contributed by atoms with van der Waals surface area (Å²) in [6.07, 6.45) is -1.15. The number of aliphatic hydroxyl groups is 2. The quantitative estimate of drug-likeness (QED) is 0.707. The Bertz CT molecular complexity index is 721. The van der Waals surface area contributed by atoms with Crippen molar-refractivity contribution in [2.24, 2.45) is 0 Å². The Morgan fingerprint density at radius 3 is 2.23 bits per heavy atom. The fourth-order valence-corrected chi connectivity index (χ4v) is 4.25. The number of sulfonamides is 1. The molecule has 5 nitrogen and oxygen atoms in total. The molecule has 0 radical (unpaired) electrons. The van der Waals surface area contributed by atoms with Crippen LogP contribution in [0.4, 0.5) is 0 Å². The number of halogens is 1. The Morgan fingerprint density at radius 2 is 1.64 bits per heavy atom. The molecule has 2 aromatic rings. The van der Waals surface area contributed by atoms with Crippen LogP contribution in [-0.4, -0.2) is 31.3 Å². The van der Waals surface area contributed by atoms with Crippen LogP contribution in [0.5, 0.6) is 0 Å². The molecule has 22 heavy (non-hydrogen) atoms. The Morgan fingerprint density at radius 1 is 1.05 bits per heavy atom. The van der Waals surface area contributed by atoms with Gasteiger partial charge in [0, 0.05) is 4.47 Å². The van der Waals surface area contributed by atoms with Gasteiger partial charge in [-0.3, -0.25) is 0 Å². The molecule has 2 unspecified atom stereocenters. The fourth-order valence-electron chi connectivity index (χ4n) is 2.01. The smallest absolute Gasteiger partial charge is 0.242 e. The fraction of sp³-hybridized carbons (Fsp3) is 0.200. The summed E-state index contributed by atoms with van der Waals surface area (Å²) in [6, 6.07) is 13.9. The molecule has 2 aromatic carbocycles. The van der Waals surface area contributed by atoms with E-state index >= 15 is 0 Å². The van der Waals surface area contributed by atoms with Gasteiger partial charge >= 0.3 is 0 Å². The van der Waals surface area contributed by atoms with Gasteiger partial charge in [0.15, 0.2) is 0 Å². The second-order valence-electron chi connectivity index (χ2n) is 4.70. The Labute approximate surface area is 137 Å². The summed E-state index contributed by atoms with van der Waals surface area (Å²) in [5.41, 5.74) is 0.524. The molecule has 0 bridgehead atoms. The Hall–Kier alpha value is -1.25. The molecule has 0 amide bonds. The van der Waals surface area contributed by atoms with Crippen molar-refractivity contribution in [3.63, 3.8) is 0 Å². The first-order chi connectivity index (χ1) is 10.5. The molecule has 2 atom stereocenters. The van der Waals surface area contributed by atoms with Crippen molar-refractivity contribution in [2.45, 2.75) is 17.0 Å². The molecule has 0 heterocycles. The first-order valence-electron chi connectivity index (χ1n) is 6.56. The summed E-state index contributed by atoms with van der Waals surface area (Å²) in [4.78, 5) is 0.0497. The Kier molecular flexibility index (Phi) is 5.71. The highest BCUT2D eigenvalue weighted by Crippen LogP contribution is 2.23. The van der Waals surface area contributed by atoms with Crippen molar-refractivity contribution in [3.05, 3.63) is 64.6 Å². The molecular formula is C15H16BrNO4S. The van der Waals surface area contributed by atoms with Gasteiger partial charge in [0.05, 0.1) is 23.6 Å². The van der Waals surface area contributed by atoms with Gasteiger partial charge in [-0.1, -0.05) is 42.5 Å².